The molecule has 10 heteroatoms. The van der Waals surface area contributed by atoms with Crippen molar-refractivity contribution in [1.29, 1.82) is 0 Å². The van der Waals surface area contributed by atoms with Crippen LogP contribution in [0, 0.1) is 0 Å². The highest BCUT2D eigenvalue weighted by Crippen LogP contribution is 2.42. The molecule has 0 saturated carbocycles. The molecule has 0 radical (unpaired) electrons. The highest BCUT2D eigenvalue weighted by Gasteiger charge is 2.49. The molecule has 172 valence electrons. The number of hydrogen-bond donors (Lipinski definition) is 1. The number of ether oxygens (including phenoxy) is 3. The van der Waals surface area contributed by atoms with Gasteiger partial charge in [0.25, 0.3) is 0 Å². The van der Waals surface area contributed by atoms with Gasteiger partial charge >= 0.3 is 0 Å². The van der Waals surface area contributed by atoms with Crippen LogP contribution in [0.2, 0.25) is 18.1 Å². The molecular formula is C21H35N5O4Si. The second kappa shape index (κ2) is 7.77. The van der Waals surface area contributed by atoms with Crippen molar-refractivity contribution >= 4 is 25.3 Å². The zero-order valence-corrected chi connectivity index (χ0v) is 20.6. The van der Waals surface area contributed by atoms with Gasteiger partial charge in [-0.1, -0.05) is 20.8 Å². The molecule has 2 aromatic heterocycles. The zero-order valence-electron chi connectivity index (χ0n) is 19.6. The number of hydrogen-bond acceptors (Lipinski definition) is 8. The Hall–Kier alpha value is -1.59. The van der Waals surface area contributed by atoms with Gasteiger partial charge in [-0.3, -0.25) is 4.57 Å². The fourth-order valence-corrected chi connectivity index (χ4v) is 4.98. The van der Waals surface area contributed by atoms with Crippen molar-refractivity contribution in [2.75, 3.05) is 12.3 Å². The second-order valence-corrected chi connectivity index (χ2v) is 15.3. The van der Waals surface area contributed by atoms with Crippen LogP contribution in [0.15, 0.2) is 12.7 Å². The van der Waals surface area contributed by atoms with Crippen LogP contribution in [0.3, 0.4) is 0 Å². The number of fused-ring (bicyclic) bond motifs is 2. The minimum Gasteiger partial charge on any atom is -0.414 e. The lowest BCUT2D eigenvalue weighted by atomic mass is 10.1. The largest absolute Gasteiger partial charge is 0.414 e. The van der Waals surface area contributed by atoms with Gasteiger partial charge in [-0.15, -0.1) is 0 Å². The molecule has 4 heterocycles. The van der Waals surface area contributed by atoms with Crippen molar-refractivity contribution in [2.45, 2.75) is 95.9 Å². The molecule has 2 aliphatic rings. The van der Waals surface area contributed by atoms with Gasteiger partial charge in [-0.25, -0.2) is 15.0 Å². The molecule has 4 atom stereocenters. The van der Waals surface area contributed by atoms with Crippen molar-refractivity contribution < 1.29 is 18.6 Å². The molecule has 0 aliphatic carbocycles. The molecule has 0 bridgehead atoms. The third-order valence-electron chi connectivity index (χ3n) is 6.71. The minimum absolute atomic E-state index is 0.0864. The Labute approximate surface area is 184 Å². The summed E-state index contributed by atoms with van der Waals surface area (Å²) in [4.78, 5) is 12.9. The predicted molar refractivity (Wildman–Crippen MR) is 120 cm³/mol. The monoisotopic (exact) mass is 449 g/mol. The Kier molecular flexibility index (Phi) is 5.66. The molecule has 31 heavy (non-hydrogen) atoms. The van der Waals surface area contributed by atoms with E-state index in [9.17, 15) is 0 Å². The number of nitrogens with two attached hydrogens (primary N) is 1. The standard InChI is InChI=1S/C21H35N5O4Si/c1-20(2,3)31(6,7)27-10-13-8-9-14-16(30-21(4,5)29-14)19(28-13)26-12-25-15-17(22)23-11-24-18(15)26/h11-14,16,19H,8-10H2,1-7H3,(H2,22,23,24)/t13-,14+,16+,19+/m0/s1. The summed E-state index contributed by atoms with van der Waals surface area (Å²) >= 11 is 0. The van der Waals surface area contributed by atoms with E-state index in [0.29, 0.717) is 23.6 Å². The Morgan fingerprint density at radius 2 is 1.94 bits per heavy atom. The van der Waals surface area contributed by atoms with Crippen LogP contribution in [0.4, 0.5) is 5.82 Å². The molecule has 0 spiro atoms. The first kappa shape index (κ1) is 22.6. The van der Waals surface area contributed by atoms with Crippen LogP contribution >= 0.6 is 0 Å². The number of nitrogens with zero attached hydrogens (tertiary/aromatic N) is 4. The molecule has 0 aromatic carbocycles. The van der Waals surface area contributed by atoms with Gasteiger partial charge in [-0.05, 0) is 44.8 Å². The number of rotatable bonds is 4. The smallest absolute Gasteiger partial charge is 0.192 e. The maximum Gasteiger partial charge on any atom is 0.192 e. The first-order valence-electron chi connectivity index (χ1n) is 11.0. The van der Waals surface area contributed by atoms with E-state index in [1.54, 1.807) is 6.33 Å². The van der Waals surface area contributed by atoms with E-state index in [-0.39, 0.29) is 23.4 Å². The molecule has 2 fully saturated rings. The molecule has 0 amide bonds. The molecular weight excluding hydrogens is 414 g/mol. The fourth-order valence-electron chi connectivity index (χ4n) is 3.94. The molecule has 9 nitrogen and oxygen atoms in total. The van der Waals surface area contributed by atoms with Crippen LogP contribution in [-0.2, 0) is 18.6 Å². The molecule has 2 N–H and O–H groups in total. The number of anilines is 1. The van der Waals surface area contributed by atoms with Crippen LogP contribution in [-0.4, -0.2) is 58.5 Å². The first-order valence-corrected chi connectivity index (χ1v) is 13.9. The molecule has 2 saturated heterocycles. The summed E-state index contributed by atoms with van der Waals surface area (Å²) in [5, 5.41) is 0.138. The molecule has 0 unspecified atom stereocenters. The van der Waals surface area contributed by atoms with Crippen molar-refractivity contribution in [2.24, 2.45) is 0 Å². The van der Waals surface area contributed by atoms with Crippen LogP contribution in [0.25, 0.3) is 11.2 Å². The van der Waals surface area contributed by atoms with Gasteiger partial charge in [0.1, 0.15) is 17.9 Å². The summed E-state index contributed by atoms with van der Waals surface area (Å²) in [5.41, 5.74) is 7.18. The lowest BCUT2D eigenvalue weighted by Gasteiger charge is -2.37. The highest BCUT2D eigenvalue weighted by atomic mass is 28.4. The Morgan fingerprint density at radius 3 is 2.65 bits per heavy atom. The third kappa shape index (κ3) is 4.36. The number of nitrogen functional groups attached to an aromatic ring is 1. The van der Waals surface area contributed by atoms with E-state index in [1.807, 2.05) is 18.4 Å². The lowest BCUT2D eigenvalue weighted by molar-refractivity contribution is -0.183. The lowest BCUT2D eigenvalue weighted by Crippen LogP contribution is -2.43. The van der Waals surface area contributed by atoms with E-state index in [0.717, 1.165) is 12.8 Å². The van der Waals surface area contributed by atoms with Gasteiger partial charge in [0.15, 0.2) is 31.8 Å². The van der Waals surface area contributed by atoms with E-state index in [2.05, 4.69) is 48.8 Å². The normalized spacial score (nSPS) is 29.1. The van der Waals surface area contributed by atoms with E-state index >= 15 is 0 Å². The second-order valence-electron chi connectivity index (χ2n) is 10.5. The summed E-state index contributed by atoms with van der Waals surface area (Å²) in [6.07, 6.45) is 3.88. The van der Waals surface area contributed by atoms with Crippen molar-refractivity contribution in [3.63, 3.8) is 0 Å². The third-order valence-corrected chi connectivity index (χ3v) is 11.2. The quantitative estimate of drug-likeness (QED) is 0.705. The maximum absolute atomic E-state index is 6.63. The van der Waals surface area contributed by atoms with Crippen LogP contribution in [0.1, 0.15) is 53.7 Å². The summed E-state index contributed by atoms with van der Waals surface area (Å²) in [5.74, 6) is -0.332. The average Bonchev–Trinajstić information content (AvgIpc) is 3.17. The van der Waals surface area contributed by atoms with Gasteiger partial charge in [-0.2, -0.15) is 0 Å². The van der Waals surface area contributed by atoms with Gasteiger partial charge < -0.3 is 24.4 Å². The summed E-state index contributed by atoms with van der Waals surface area (Å²) < 4.78 is 27.5. The molecule has 2 aliphatic heterocycles. The summed E-state index contributed by atoms with van der Waals surface area (Å²) in [6, 6.07) is 0. The van der Waals surface area contributed by atoms with Gasteiger partial charge in [0.05, 0.1) is 25.1 Å². The first-order chi connectivity index (χ1) is 14.4. The number of aromatic nitrogens is 4. The average molecular weight is 450 g/mol. The SMILES string of the molecule is CC1(C)O[C@H]2[C@H](n3cnc4c(N)ncnc43)O[C@H](CO[Si](C)(C)C(C)(C)C)CC[C@H]2O1. The predicted octanol–water partition coefficient (Wildman–Crippen LogP) is 3.63. The number of imidazole rings is 1. The Balaban J connectivity index is 1.63. The zero-order chi connectivity index (χ0) is 22.6. The van der Waals surface area contributed by atoms with Gasteiger partial charge in [0, 0.05) is 0 Å². The Morgan fingerprint density at radius 1 is 1.19 bits per heavy atom. The van der Waals surface area contributed by atoms with Crippen molar-refractivity contribution in [3.8, 4) is 0 Å². The van der Waals surface area contributed by atoms with Gasteiger partial charge in [0.2, 0.25) is 0 Å². The summed E-state index contributed by atoms with van der Waals surface area (Å²) in [7, 11) is -1.89. The van der Waals surface area contributed by atoms with Crippen molar-refractivity contribution in [1.82, 2.24) is 19.5 Å². The summed E-state index contributed by atoms with van der Waals surface area (Å²) in [6.45, 7) is 15.6. The van der Waals surface area contributed by atoms with E-state index in [1.165, 1.54) is 6.33 Å². The van der Waals surface area contributed by atoms with Crippen LogP contribution in [0.5, 0.6) is 0 Å². The maximum atomic E-state index is 6.63. The fraction of sp³-hybridized carbons (Fsp3) is 0.762. The van der Waals surface area contributed by atoms with Crippen molar-refractivity contribution in [3.05, 3.63) is 12.7 Å². The molecule has 4 rings (SSSR count). The van der Waals surface area contributed by atoms with E-state index in [4.69, 9.17) is 24.4 Å². The molecule has 2 aromatic rings. The topological polar surface area (TPSA) is 107 Å². The Bertz CT molecular complexity index is 941. The van der Waals surface area contributed by atoms with Crippen LogP contribution < -0.4 is 5.73 Å². The highest BCUT2D eigenvalue weighted by molar-refractivity contribution is 6.74. The van der Waals surface area contributed by atoms with E-state index < -0.39 is 20.3 Å². The minimum atomic E-state index is -1.89.